The van der Waals surface area contributed by atoms with Crippen LogP contribution in [0.5, 0.6) is 17.2 Å². The lowest BCUT2D eigenvalue weighted by atomic mass is 9.92. The predicted molar refractivity (Wildman–Crippen MR) is 124 cm³/mol. The van der Waals surface area contributed by atoms with Crippen LogP contribution in [0.25, 0.3) is 10.9 Å². The summed E-state index contributed by atoms with van der Waals surface area (Å²) < 4.78 is 26.3. The van der Waals surface area contributed by atoms with Gasteiger partial charge in [0.05, 0.1) is 24.5 Å². The Morgan fingerprint density at radius 2 is 1.80 bits per heavy atom. The summed E-state index contributed by atoms with van der Waals surface area (Å²) in [5.41, 5.74) is 0.0743. The number of benzene rings is 3. The van der Waals surface area contributed by atoms with Gasteiger partial charge in [-0.3, -0.25) is 9.59 Å². The number of hydrogen-bond acceptors (Lipinski definition) is 7. The lowest BCUT2D eigenvalue weighted by Crippen LogP contribution is -2.29. The Hall–Kier alpha value is -4.31. The highest BCUT2D eigenvalue weighted by Crippen LogP contribution is 2.31. The molecular formula is C25H22FN3O6. The van der Waals surface area contributed by atoms with E-state index in [0.717, 1.165) is 10.7 Å². The number of rotatable bonds is 9. The van der Waals surface area contributed by atoms with Gasteiger partial charge >= 0.3 is 5.97 Å². The first-order valence-electron chi connectivity index (χ1n) is 10.7. The second kappa shape index (κ2) is 10.3. The number of halogens is 1. The maximum atomic E-state index is 14.7. The Morgan fingerprint density at radius 1 is 1.09 bits per heavy atom. The van der Waals surface area contributed by atoms with Crippen molar-refractivity contribution >= 4 is 16.9 Å². The molecule has 0 aliphatic rings. The second-order valence-electron chi connectivity index (χ2n) is 7.78. The average Bonchev–Trinajstić information content (AvgIpc) is 2.87. The molecule has 4 aromatic rings. The summed E-state index contributed by atoms with van der Waals surface area (Å²) in [4.78, 5) is 24.5. The zero-order chi connectivity index (χ0) is 24.9. The molecule has 0 bridgehead atoms. The Balaban J connectivity index is 1.49. The van der Waals surface area contributed by atoms with E-state index in [2.05, 4.69) is 10.3 Å². The lowest BCUT2D eigenvalue weighted by Gasteiger charge is -2.20. The van der Waals surface area contributed by atoms with Gasteiger partial charge in [-0.05, 0) is 60.5 Å². The van der Waals surface area contributed by atoms with Gasteiger partial charge in [0, 0.05) is 6.54 Å². The highest BCUT2D eigenvalue weighted by Gasteiger charge is 2.29. The molecule has 0 aliphatic carbocycles. The number of aliphatic hydroxyl groups is 1. The van der Waals surface area contributed by atoms with Crippen LogP contribution in [0.3, 0.4) is 0 Å². The Kier molecular flexibility index (Phi) is 7.02. The van der Waals surface area contributed by atoms with E-state index in [1.165, 1.54) is 19.2 Å². The Labute approximate surface area is 199 Å². The van der Waals surface area contributed by atoms with Crippen molar-refractivity contribution in [3.8, 4) is 17.2 Å². The number of fused-ring (bicyclic) bond motifs is 1. The molecule has 0 unspecified atom stereocenters. The first kappa shape index (κ1) is 23.8. The van der Waals surface area contributed by atoms with Crippen molar-refractivity contribution in [1.29, 1.82) is 0 Å². The Bertz CT molecular complexity index is 1410. The molecule has 1 aromatic heterocycles. The van der Waals surface area contributed by atoms with Gasteiger partial charge < -0.3 is 19.7 Å². The lowest BCUT2D eigenvalue weighted by molar-refractivity contribution is -0.146. The smallest absolute Gasteiger partial charge is 0.309 e. The van der Waals surface area contributed by atoms with Crippen LogP contribution in [0, 0.1) is 11.7 Å². The molecule has 1 heterocycles. The number of methoxy groups -OCH3 is 1. The fourth-order valence-corrected chi connectivity index (χ4v) is 3.63. The quantitative estimate of drug-likeness (QED) is 0.374. The summed E-state index contributed by atoms with van der Waals surface area (Å²) in [6.45, 7) is -0.0914. The number of carboxylic acids is 1. The maximum Gasteiger partial charge on any atom is 0.309 e. The zero-order valence-corrected chi connectivity index (χ0v) is 18.7. The number of aromatic nitrogens is 3. The maximum absolute atomic E-state index is 14.7. The van der Waals surface area contributed by atoms with Crippen LogP contribution >= 0.6 is 0 Å². The summed E-state index contributed by atoms with van der Waals surface area (Å²) in [6, 6.07) is 16.9. The topological polar surface area (TPSA) is 124 Å². The van der Waals surface area contributed by atoms with E-state index in [9.17, 15) is 24.2 Å². The monoisotopic (exact) mass is 479 g/mol. The van der Waals surface area contributed by atoms with Crippen LogP contribution in [-0.2, 0) is 11.3 Å². The average molecular weight is 479 g/mol. The predicted octanol–water partition coefficient (Wildman–Crippen LogP) is 3.56. The van der Waals surface area contributed by atoms with Gasteiger partial charge in [0.15, 0.2) is 11.6 Å². The van der Waals surface area contributed by atoms with E-state index >= 15 is 0 Å². The standard InChI is InChI=1S/C25H22FN3O6/c1-34-16-7-9-17(10-8-16)35-22-11-6-15(14-20(22)26)23(30)19(25(32)33)12-13-29-24(31)18-4-2-3-5-21(18)27-28-29/h2-11,14,19,23,30H,12-13H2,1H3,(H,32,33)/t19-,23+/m0/s1. The van der Waals surface area contributed by atoms with Gasteiger partial charge in [0.1, 0.15) is 17.0 Å². The molecule has 180 valence electrons. The third kappa shape index (κ3) is 5.28. The number of nitrogens with zero attached hydrogens (tertiary/aromatic N) is 3. The molecular weight excluding hydrogens is 457 g/mol. The van der Waals surface area contributed by atoms with Crippen molar-refractivity contribution in [2.24, 2.45) is 5.92 Å². The Morgan fingerprint density at radius 3 is 2.49 bits per heavy atom. The molecule has 0 fully saturated rings. The van der Waals surface area contributed by atoms with E-state index in [1.807, 2.05) is 0 Å². The molecule has 2 N–H and O–H groups in total. The number of aliphatic hydroxyl groups excluding tert-OH is 1. The normalized spacial score (nSPS) is 12.8. The minimum Gasteiger partial charge on any atom is -0.497 e. The van der Waals surface area contributed by atoms with Gasteiger partial charge in [-0.1, -0.05) is 23.4 Å². The van der Waals surface area contributed by atoms with Gasteiger partial charge in [-0.15, -0.1) is 5.10 Å². The van der Waals surface area contributed by atoms with Crippen molar-refractivity contribution < 1.29 is 28.9 Å². The fourth-order valence-electron chi connectivity index (χ4n) is 3.63. The largest absolute Gasteiger partial charge is 0.497 e. The third-order valence-electron chi connectivity index (χ3n) is 5.56. The van der Waals surface area contributed by atoms with Crippen molar-refractivity contribution in [3.63, 3.8) is 0 Å². The summed E-state index contributed by atoms with van der Waals surface area (Å²) in [5, 5.41) is 28.5. The van der Waals surface area contributed by atoms with Gasteiger partial charge in [0.2, 0.25) is 0 Å². The summed E-state index contributed by atoms with van der Waals surface area (Å²) in [7, 11) is 1.53. The van der Waals surface area contributed by atoms with Gasteiger partial charge in [-0.25, -0.2) is 9.07 Å². The SMILES string of the molecule is COc1ccc(Oc2ccc([C@@H](O)[C@H](CCn3nnc4ccccc4c3=O)C(=O)O)cc2F)cc1. The molecule has 10 heteroatoms. The van der Waals surface area contributed by atoms with E-state index in [-0.39, 0.29) is 24.3 Å². The van der Waals surface area contributed by atoms with Crippen molar-refractivity contribution in [1.82, 2.24) is 15.0 Å². The van der Waals surface area contributed by atoms with E-state index in [1.54, 1.807) is 48.5 Å². The molecule has 3 aromatic carbocycles. The van der Waals surface area contributed by atoms with Crippen molar-refractivity contribution in [2.75, 3.05) is 7.11 Å². The van der Waals surface area contributed by atoms with E-state index in [0.29, 0.717) is 22.4 Å². The number of hydrogen-bond donors (Lipinski definition) is 2. The first-order valence-corrected chi connectivity index (χ1v) is 10.7. The molecule has 9 nitrogen and oxygen atoms in total. The second-order valence-corrected chi connectivity index (χ2v) is 7.78. The fraction of sp³-hybridized carbons (Fsp3) is 0.200. The zero-order valence-electron chi connectivity index (χ0n) is 18.7. The summed E-state index contributed by atoms with van der Waals surface area (Å²) in [5.74, 6) is -2.47. The molecule has 4 rings (SSSR count). The minimum atomic E-state index is -1.53. The minimum absolute atomic E-state index is 0.0638. The van der Waals surface area contributed by atoms with Crippen LogP contribution in [0.1, 0.15) is 18.1 Å². The number of aryl methyl sites for hydroxylation is 1. The molecule has 0 aliphatic heterocycles. The molecule has 35 heavy (non-hydrogen) atoms. The van der Waals surface area contributed by atoms with Crippen LogP contribution in [0.2, 0.25) is 0 Å². The van der Waals surface area contributed by atoms with Gasteiger partial charge in [0.25, 0.3) is 5.56 Å². The van der Waals surface area contributed by atoms with Crippen LogP contribution in [0.4, 0.5) is 4.39 Å². The first-order chi connectivity index (χ1) is 16.9. The summed E-state index contributed by atoms with van der Waals surface area (Å²) >= 11 is 0. The molecule has 0 amide bonds. The third-order valence-corrected chi connectivity index (χ3v) is 5.56. The highest BCUT2D eigenvalue weighted by molar-refractivity contribution is 5.76. The number of aliphatic carboxylic acids is 1. The summed E-state index contributed by atoms with van der Waals surface area (Å²) in [6.07, 6.45) is -1.66. The van der Waals surface area contributed by atoms with E-state index < -0.39 is 29.4 Å². The number of carboxylic acid groups (broad SMARTS) is 1. The molecule has 0 radical (unpaired) electrons. The van der Waals surface area contributed by atoms with Crippen LogP contribution in [0.15, 0.2) is 71.5 Å². The molecule has 0 saturated carbocycles. The molecule has 0 spiro atoms. The number of carbonyl (C=O) groups is 1. The number of ether oxygens (including phenoxy) is 2. The van der Waals surface area contributed by atoms with Gasteiger partial charge in [-0.2, -0.15) is 0 Å². The highest BCUT2D eigenvalue weighted by atomic mass is 19.1. The van der Waals surface area contributed by atoms with E-state index in [4.69, 9.17) is 9.47 Å². The van der Waals surface area contributed by atoms with Crippen LogP contribution < -0.4 is 15.0 Å². The molecule has 2 atom stereocenters. The van der Waals surface area contributed by atoms with Crippen LogP contribution in [-0.4, -0.2) is 38.3 Å². The van der Waals surface area contributed by atoms with Crippen molar-refractivity contribution in [2.45, 2.75) is 19.1 Å². The van der Waals surface area contributed by atoms with Crippen molar-refractivity contribution in [3.05, 3.63) is 88.5 Å². The molecule has 0 saturated heterocycles.